The number of hydrogen-bond donors (Lipinski definition) is 1. The molecule has 6 heteroatoms. The van der Waals surface area contributed by atoms with Gasteiger partial charge in [-0.05, 0) is 75.3 Å². The first-order valence-corrected chi connectivity index (χ1v) is 9.81. The standard InChI is InChI=1S/C21H26FNO4/c1-13(27-19(24)12-26-18-5-3-2-4-17(18)22)20(25)23-21-9-14-6-15(10-21)8-16(7-14)11-21/h2-5,13-16H,6-12H2,1H3,(H,23,25)/t13-,14?,15?,16?,21?/m1/s1. The number of ether oxygens (including phenoxy) is 2. The summed E-state index contributed by atoms with van der Waals surface area (Å²) in [6.07, 6.45) is 6.13. The first kappa shape index (κ1) is 18.3. The zero-order valence-corrected chi connectivity index (χ0v) is 15.6. The molecule has 4 bridgehead atoms. The van der Waals surface area contributed by atoms with E-state index in [-0.39, 0.29) is 17.2 Å². The number of benzene rings is 1. The van der Waals surface area contributed by atoms with Crippen molar-refractivity contribution in [2.75, 3.05) is 6.61 Å². The molecule has 146 valence electrons. The Balaban J connectivity index is 1.28. The monoisotopic (exact) mass is 375 g/mol. The predicted molar refractivity (Wildman–Crippen MR) is 96.5 cm³/mol. The van der Waals surface area contributed by atoms with Gasteiger partial charge in [-0.15, -0.1) is 0 Å². The summed E-state index contributed by atoms with van der Waals surface area (Å²) in [5.41, 5.74) is -0.115. The predicted octanol–water partition coefficient (Wildman–Crippen LogP) is 3.22. The van der Waals surface area contributed by atoms with Gasteiger partial charge >= 0.3 is 5.97 Å². The molecule has 4 aliphatic carbocycles. The average Bonchev–Trinajstić information content (AvgIpc) is 2.59. The molecule has 5 nitrogen and oxygen atoms in total. The summed E-state index contributed by atoms with van der Waals surface area (Å²) in [6.45, 7) is 1.13. The lowest BCUT2D eigenvalue weighted by molar-refractivity contribution is -0.158. The summed E-state index contributed by atoms with van der Waals surface area (Å²) < 4.78 is 23.8. The highest BCUT2D eigenvalue weighted by Crippen LogP contribution is 2.55. The molecule has 0 radical (unpaired) electrons. The molecular formula is C21H26FNO4. The van der Waals surface area contributed by atoms with Gasteiger partial charge in [0.2, 0.25) is 0 Å². The van der Waals surface area contributed by atoms with Crippen molar-refractivity contribution < 1.29 is 23.5 Å². The lowest BCUT2D eigenvalue weighted by Gasteiger charge is -2.57. The van der Waals surface area contributed by atoms with Gasteiger partial charge in [0.05, 0.1) is 0 Å². The van der Waals surface area contributed by atoms with E-state index in [9.17, 15) is 14.0 Å². The van der Waals surface area contributed by atoms with E-state index >= 15 is 0 Å². The third-order valence-electron chi connectivity index (χ3n) is 6.29. The maximum Gasteiger partial charge on any atom is 0.344 e. The van der Waals surface area contributed by atoms with E-state index in [1.54, 1.807) is 13.0 Å². The van der Waals surface area contributed by atoms with Crippen molar-refractivity contribution in [1.82, 2.24) is 5.32 Å². The van der Waals surface area contributed by atoms with Crippen LogP contribution in [0.1, 0.15) is 45.4 Å². The van der Waals surface area contributed by atoms with Crippen LogP contribution in [0, 0.1) is 23.6 Å². The fraction of sp³-hybridized carbons (Fsp3) is 0.619. The van der Waals surface area contributed by atoms with Gasteiger partial charge in [-0.25, -0.2) is 9.18 Å². The molecule has 0 heterocycles. The summed E-state index contributed by atoms with van der Waals surface area (Å²) in [6, 6.07) is 5.84. The Morgan fingerprint density at radius 3 is 2.33 bits per heavy atom. The maximum atomic E-state index is 13.5. The van der Waals surface area contributed by atoms with E-state index in [0.29, 0.717) is 0 Å². The van der Waals surface area contributed by atoms with Crippen LogP contribution in [-0.2, 0) is 14.3 Å². The Kier molecular flexibility index (Phi) is 4.82. The highest BCUT2D eigenvalue weighted by atomic mass is 19.1. The van der Waals surface area contributed by atoms with Crippen molar-refractivity contribution in [3.05, 3.63) is 30.1 Å². The molecule has 1 N–H and O–H groups in total. The van der Waals surface area contributed by atoms with E-state index in [2.05, 4.69) is 5.32 Å². The van der Waals surface area contributed by atoms with Crippen molar-refractivity contribution in [2.24, 2.45) is 17.8 Å². The Hall–Kier alpha value is -2.11. The van der Waals surface area contributed by atoms with Crippen molar-refractivity contribution in [3.63, 3.8) is 0 Å². The molecule has 4 fully saturated rings. The third kappa shape index (κ3) is 3.94. The molecule has 5 rings (SSSR count). The maximum absolute atomic E-state index is 13.5. The highest BCUT2D eigenvalue weighted by Gasteiger charge is 2.51. The number of rotatable bonds is 6. The van der Waals surface area contributed by atoms with Crippen LogP contribution in [0.15, 0.2) is 24.3 Å². The second-order valence-electron chi connectivity index (χ2n) is 8.54. The van der Waals surface area contributed by atoms with Crippen LogP contribution in [-0.4, -0.2) is 30.1 Å². The van der Waals surface area contributed by atoms with E-state index in [4.69, 9.17) is 9.47 Å². The molecule has 0 spiro atoms. The molecule has 4 saturated carbocycles. The molecule has 4 aliphatic rings. The van der Waals surface area contributed by atoms with Gasteiger partial charge in [0.15, 0.2) is 24.3 Å². The topological polar surface area (TPSA) is 64.6 Å². The number of carbonyl (C=O) groups is 2. The number of carbonyl (C=O) groups excluding carboxylic acids is 2. The van der Waals surface area contributed by atoms with Crippen molar-refractivity contribution in [1.29, 1.82) is 0 Å². The molecule has 0 aliphatic heterocycles. The number of para-hydroxylation sites is 1. The van der Waals surface area contributed by atoms with Crippen LogP contribution >= 0.6 is 0 Å². The van der Waals surface area contributed by atoms with Gasteiger partial charge in [0.1, 0.15) is 0 Å². The fourth-order valence-electron chi connectivity index (χ4n) is 5.61. The molecule has 1 aromatic rings. The van der Waals surface area contributed by atoms with Crippen LogP contribution in [0.4, 0.5) is 4.39 Å². The molecular weight excluding hydrogens is 349 g/mol. The van der Waals surface area contributed by atoms with Gasteiger partial charge in [-0.1, -0.05) is 12.1 Å². The van der Waals surface area contributed by atoms with E-state index < -0.39 is 24.5 Å². The summed E-state index contributed by atoms with van der Waals surface area (Å²) >= 11 is 0. The lowest BCUT2D eigenvalue weighted by Crippen LogP contribution is -2.61. The van der Waals surface area contributed by atoms with Crippen LogP contribution in [0.2, 0.25) is 0 Å². The minimum atomic E-state index is -0.894. The first-order valence-electron chi connectivity index (χ1n) is 9.81. The summed E-state index contributed by atoms with van der Waals surface area (Å²) in [4.78, 5) is 24.6. The molecule has 1 atom stereocenters. The Morgan fingerprint density at radius 2 is 1.74 bits per heavy atom. The SMILES string of the molecule is C[C@@H](OC(=O)COc1ccccc1F)C(=O)NC12CC3CC(CC(C3)C1)C2. The van der Waals surface area contributed by atoms with E-state index in [1.165, 1.54) is 37.5 Å². The van der Waals surface area contributed by atoms with Gasteiger partial charge in [-0.3, -0.25) is 4.79 Å². The van der Waals surface area contributed by atoms with E-state index in [1.807, 2.05) is 0 Å². The minimum absolute atomic E-state index is 0.0138. The zero-order valence-electron chi connectivity index (χ0n) is 15.6. The Labute approximate surface area is 158 Å². The van der Waals surface area contributed by atoms with Gasteiger partial charge in [0, 0.05) is 5.54 Å². The largest absolute Gasteiger partial charge is 0.479 e. The summed E-state index contributed by atoms with van der Waals surface area (Å²) in [5, 5.41) is 3.20. The highest BCUT2D eigenvalue weighted by molar-refractivity contribution is 5.84. The van der Waals surface area contributed by atoms with E-state index in [0.717, 1.165) is 37.0 Å². The number of esters is 1. The first-order chi connectivity index (χ1) is 12.9. The van der Waals surface area contributed by atoms with Gasteiger partial charge in [-0.2, -0.15) is 0 Å². The van der Waals surface area contributed by atoms with Crippen LogP contribution in [0.25, 0.3) is 0 Å². The quantitative estimate of drug-likeness (QED) is 0.776. The lowest BCUT2D eigenvalue weighted by atomic mass is 9.53. The van der Waals surface area contributed by atoms with Gasteiger partial charge < -0.3 is 14.8 Å². The summed E-state index contributed by atoms with van der Waals surface area (Å²) in [5.74, 6) is 0.677. The number of halogens is 1. The van der Waals surface area contributed by atoms with Crippen LogP contribution < -0.4 is 10.1 Å². The zero-order chi connectivity index (χ0) is 19.0. The Morgan fingerprint density at radius 1 is 1.15 bits per heavy atom. The number of amides is 1. The number of hydrogen-bond acceptors (Lipinski definition) is 4. The minimum Gasteiger partial charge on any atom is -0.479 e. The molecule has 27 heavy (non-hydrogen) atoms. The average molecular weight is 375 g/mol. The Bertz CT molecular complexity index is 699. The molecule has 0 unspecified atom stereocenters. The van der Waals surface area contributed by atoms with Gasteiger partial charge in [0.25, 0.3) is 5.91 Å². The molecule has 1 amide bonds. The fourth-order valence-corrected chi connectivity index (χ4v) is 5.61. The molecule has 1 aromatic carbocycles. The normalized spacial score (nSPS) is 32.0. The third-order valence-corrected chi connectivity index (χ3v) is 6.29. The van der Waals surface area contributed by atoms with Crippen LogP contribution in [0.5, 0.6) is 5.75 Å². The molecule has 0 aromatic heterocycles. The molecule has 0 saturated heterocycles. The van der Waals surface area contributed by atoms with Crippen molar-refractivity contribution in [3.8, 4) is 5.75 Å². The van der Waals surface area contributed by atoms with Crippen LogP contribution in [0.3, 0.4) is 0 Å². The second kappa shape index (κ2) is 7.13. The number of nitrogens with one attached hydrogen (secondary N) is 1. The smallest absolute Gasteiger partial charge is 0.344 e. The summed E-state index contributed by atoms with van der Waals surface area (Å²) in [7, 11) is 0. The second-order valence-corrected chi connectivity index (χ2v) is 8.54. The van der Waals surface area contributed by atoms with Crippen molar-refractivity contribution in [2.45, 2.75) is 57.1 Å². The van der Waals surface area contributed by atoms with Crippen molar-refractivity contribution >= 4 is 11.9 Å².